The number of hydrogen-bond acceptors (Lipinski definition) is 2. The second kappa shape index (κ2) is 5.21. The molecule has 0 bridgehead atoms. The molecule has 0 saturated heterocycles. The number of thioether (sulfide) groups is 1. The molecule has 0 aromatic heterocycles. The van der Waals surface area contributed by atoms with Gasteiger partial charge in [0.15, 0.2) is 0 Å². The molecule has 1 aliphatic carbocycles. The molecule has 1 heterocycles. The molecule has 2 heteroatoms. The molecule has 1 aliphatic heterocycles. The maximum Gasteiger partial charge on any atom is 0.0690 e. The average Bonchev–Trinajstić information content (AvgIpc) is 2.82. The quantitative estimate of drug-likeness (QED) is 0.757. The molecule has 1 nitrogen and oxygen atoms in total. The Kier molecular flexibility index (Phi) is 3.58. The normalized spacial score (nSPS) is 33.7. The molecule has 0 N–H and O–H groups in total. The zero-order chi connectivity index (χ0) is 13.3. The van der Waals surface area contributed by atoms with Crippen molar-refractivity contribution < 1.29 is 0 Å². The van der Waals surface area contributed by atoms with Gasteiger partial charge in [0, 0.05) is 10.6 Å². The van der Waals surface area contributed by atoms with Crippen molar-refractivity contribution in [3.8, 4) is 6.07 Å². The summed E-state index contributed by atoms with van der Waals surface area (Å²) in [6, 6.07) is 11.4. The summed E-state index contributed by atoms with van der Waals surface area (Å²) in [7, 11) is 0. The van der Waals surface area contributed by atoms with Gasteiger partial charge in [-0.3, -0.25) is 0 Å². The first-order chi connectivity index (χ1) is 9.22. The monoisotopic (exact) mass is 271 g/mol. The maximum absolute atomic E-state index is 9.71. The Labute approximate surface area is 120 Å². The molecule has 3 unspecified atom stereocenters. The van der Waals surface area contributed by atoms with E-state index in [1.165, 1.54) is 23.3 Å². The van der Waals surface area contributed by atoms with Crippen LogP contribution < -0.4 is 0 Å². The van der Waals surface area contributed by atoms with Gasteiger partial charge < -0.3 is 0 Å². The summed E-state index contributed by atoms with van der Waals surface area (Å²) >= 11 is 1.97. The number of hydrogen-bond donors (Lipinski definition) is 0. The van der Waals surface area contributed by atoms with Crippen molar-refractivity contribution in [2.45, 2.75) is 49.8 Å². The summed E-state index contributed by atoms with van der Waals surface area (Å²) in [6.07, 6.45) is 5.82. The van der Waals surface area contributed by atoms with Crippen molar-refractivity contribution in [1.29, 1.82) is 5.26 Å². The van der Waals surface area contributed by atoms with Crippen LogP contribution in [-0.4, -0.2) is 5.75 Å². The van der Waals surface area contributed by atoms with Crippen LogP contribution in [0.2, 0.25) is 0 Å². The largest absolute Gasteiger partial charge is 0.198 e. The Morgan fingerprint density at radius 2 is 2.26 bits per heavy atom. The van der Waals surface area contributed by atoms with Crippen molar-refractivity contribution in [3.63, 3.8) is 0 Å². The van der Waals surface area contributed by atoms with Crippen molar-refractivity contribution in [2.75, 3.05) is 5.75 Å². The van der Waals surface area contributed by atoms with Gasteiger partial charge in [0.1, 0.15) is 0 Å². The van der Waals surface area contributed by atoms with E-state index in [0.29, 0.717) is 5.92 Å². The topological polar surface area (TPSA) is 23.8 Å². The fourth-order valence-corrected chi connectivity index (χ4v) is 5.12. The lowest BCUT2D eigenvalue weighted by Crippen LogP contribution is -2.28. The van der Waals surface area contributed by atoms with Gasteiger partial charge in [0.2, 0.25) is 0 Å². The predicted octanol–water partition coefficient (Wildman–Crippen LogP) is 4.99. The van der Waals surface area contributed by atoms with Crippen LogP contribution in [0.15, 0.2) is 29.2 Å². The molecular formula is C17H21NS. The maximum atomic E-state index is 9.71. The number of benzene rings is 1. The van der Waals surface area contributed by atoms with Gasteiger partial charge in [-0.1, -0.05) is 38.0 Å². The molecule has 3 atom stereocenters. The molecule has 2 aliphatic rings. The van der Waals surface area contributed by atoms with Gasteiger partial charge in [-0.15, -0.1) is 11.8 Å². The van der Waals surface area contributed by atoms with E-state index < -0.39 is 0 Å². The molecule has 3 rings (SSSR count). The van der Waals surface area contributed by atoms with E-state index in [0.717, 1.165) is 30.9 Å². The highest BCUT2D eigenvalue weighted by atomic mass is 32.2. The number of nitrogens with zero attached hydrogens (tertiary/aromatic N) is 1. The molecule has 1 aromatic carbocycles. The van der Waals surface area contributed by atoms with Crippen LogP contribution in [0.4, 0.5) is 0 Å². The molecular weight excluding hydrogens is 250 g/mol. The Morgan fingerprint density at radius 1 is 1.42 bits per heavy atom. The third kappa shape index (κ3) is 2.54. The smallest absolute Gasteiger partial charge is 0.0690 e. The van der Waals surface area contributed by atoms with E-state index in [9.17, 15) is 5.26 Å². The zero-order valence-electron chi connectivity index (χ0n) is 11.6. The third-order valence-corrected chi connectivity index (χ3v) is 6.02. The Hall–Kier alpha value is -0.940. The summed E-state index contributed by atoms with van der Waals surface area (Å²) < 4.78 is 0. The van der Waals surface area contributed by atoms with Crippen molar-refractivity contribution >= 4 is 11.8 Å². The van der Waals surface area contributed by atoms with Crippen LogP contribution in [-0.2, 0) is 0 Å². The molecule has 19 heavy (non-hydrogen) atoms. The Bertz CT molecular complexity index is 504. The minimum absolute atomic E-state index is 0.0552. The van der Waals surface area contributed by atoms with E-state index in [4.69, 9.17) is 0 Å². The lowest BCUT2D eigenvalue weighted by Gasteiger charge is -2.36. The third-order valence-electron chi connectivity index (χ3n) is 4.76. The van der Waals surface area contributed by atoms with Gasteiger partial charge >= 0.3 is 0 Å². The second-order valence-corrected chi connectivity index (χ2v) is 7.41. The molecule has 0 radical (unpaired) electrons. The van der Waals surface area contributed by atoms with Gasteiger partial charge in [0.05, 0.1) is 11.5 Å². The highest BCUT2D eigenvalue weighted by Crippen LogP contribution is 2.50. The molecule has 0 spiro atoms. The number of fused-ring (bicyclic) bond motifs is 1. The molecule has 0 amide bonds. The van der Waals surface area contributed by atoms with Gasteiger partial charge in [0.25, 0.3) is 0 Å². The van der Waals surface area contributed by atoms with Crippen molar-refractivity contribution in [3.05, 3.63) is 29.8 Å². The fraction of sp³-hybridized carbons (Fsp3) is 0.588. The lowest BCUT2D eigenvalue weighted by molar-refractivity contribution is 0.188. The van der Waals surface area contributed by atoms with Crippen LogP contribution in [0.25, 0.3) is 0 Å². The lowest BCUT2D eigenvalue weighted by atomic mass is 9.66. The summed E-state index contributed by atoms with van der Waals surface area (Å²) in [5, 5.41) is 9.71. The number of nitriles is 1. The highest BCUT2D eigenvalue weighted by molar-refractivity contribution is 7.99. The first-order valence-corrected chi connectivity index (χ1v) is 8.34. The van der Waals surface area contributed by atoms with Crippen LogP contribution in [0.5, 0.6) is 0 Å². The van der Waals surface area contributed by atoms with Gasteiger partial charge in [-0.2, -0.15) is 5.26 Å². The number of rotatable bonds is 2. The first-order valence-electron chi connectivity index (χ1n) is 7.35. The first kappa shape index (κ1) is 13.1. The molecule has 100 valence electrons. The van der Waals surface area contributed by atoms with Crippen LogP contribution in [0, 0.1) is 22.7 Å². The minimum Gasteiger partial charge on any atom is -0.198 e. The van der Waals surface area contributed by atoms with Gasteiger partial charge in [-0.25, -0.2) is 0 Å². The summed E-state index contributed by atoms with van der Waals surface area (Å²) in [5.74, 6) is 2.47. The van der Waals surface area contributed by atoms with Crippen molar-refractivity contribution in [1.82, 2.24) is 0 Å². The summed E-state index contributed by atoms with van der Waals surface area (Å²) in [4.78, 5) is 1.43. The Balaban J connectivity index is 1.80. The summed E-state index contributed by atoms with van der Waals surface area (Å²) in [6.45, 7) is 2.31. The van der Waals surface area contributed by atoms with E-state index in [-0.39, 0.29) is 5.41 Å². The van der Waals surface area contributed by atoms with E-state index in [1.807, 2.05) is 11.8 Å². The predicted molar refractivity (Wildman–Crippen MR) is 80.2 cm³/mol. The molecule has 1 saturated carbocycles. The Morgan fingerprint density at radius 3 is 3.05 bits per heavy atom. The average molecular weight is 271 g/mol. The van der Waals surface area contributed by atoms with Gasteiger partial charge in [-0.05, 0) is 42.7 Å². The highest BCUT2D eigenvalue weighted by Gasteiger charge is 2.39. The molecule has 1 aromatic rings. The van der Waals surface area contributed by atoms with E-state index in [1.54, 1.807) is 0 Å². The van der Waals surface area contributed by atoms with E-state index in [2.05, 4.69) is 37.3 Å². The van der Waals surface area contributed by atoms with Crippen LogP contribution >= 0.6 is 11.8 Å². The fourth-order valence-electron chi connectivity index (χ4n) is 3.86. The second-order valence-electron chi connectivity index (χ2n) is 6.34. The van der Waals surface area contributed by atoms with Crippen molar-refractivity contribution in [2.24, 2.45) is 11.3 Å². The van der Waals surface area contributed by atoms with E-state index >= 15 is 0 Å². The summed E-state index contributed by atoms with van der Waals surface area (Å²) in [5.41, 5.74) is 1.43. The standard InChI is InChI=1S/C17H21NS/c1-13-5-4-8-17(9-13,12-18)10-14-11-19-16-7-3-2-6-15(14)16/h2-3,6-7,13-14H,4-5,8-11H2,1H3. The van der Waals surface area contributed by atoms with Crippen LogP contribution in [0.1, 0.15) is 50.5 Å². The molecule has 1 fully saturated rings. The minimum atomic E-state index is -0.0552. The zero-order valence-corrected chi connectivity index (χ0v) is 12.4. The van der Waals surface area contributed by atoms with Crippen LogP contribution in [0.3, 0.4) is 0 Å². The SMILES string of the molecule is CC1CCCC(C#N)(CC2CSc3ccccc32)C1.